The number of rotatable bonds is 6. The van der Waals surface area contributed by atoms with Crippen molar-refractivity contribution in [1.29, 1.82) is 0 Å². The molecule has 96 valence electrons. The summed E-state index contributed by atoms with van der Waals surface area (Å²) < 4.78 is 4.57. The Bertz CT molecular complexity index is 459. The number of methoxy groups -OCH3 is 1. The van der Waals surface area contributed by atoms with Crippen LogP contribution in [0, 0.1) is 10.1 Å². The molecule has 1 atom stereocenters. The monoisotopic (exact) mass is 250 g/mol. The number of nitrogens with zero attached hydrogens (tertiary/aromatic N) is 1. The maximum atomic E-state index is 11.3. The average Bonchev–Trinajstić information content (AvgIpc) is 2.39. The topological polar surface area (TPSA) is 81.5 Å². The van der Waals surface area contributed by atoms with Crippen LogP contribution in [0.5, 0.6) is 0 Å². The van der Waals surface area contributed by atoms with Crippen molar-refractivity contribution in [3.63, 3.8) is 0 Å². The number of nitro groups is 1. The van der Waals surface area contributed by atoms with Crippen molar-refractivity contribution in [2.24, 2.45) is 0 Å². The summed E-state index contributed by atoms with van der Waals surface area (Å²) >= 11 is 0. The highest BCUT2D eigenvalue weighted by atomic mass is 16.6. The molecule has 18 heavy (non-hydrogen) atoms. The van der Waals surface area contributed by atoms with Gasteiger partial charge in [0.05, 0.1) is 12.0 Å². The molecule has 1 aromatic carbocycles. The van der Waals surface area contributed by atoms with E-state index in [9.17, 15) is 14.9 Å². The van der Waals surface area contributed by atoms with Gasteiger partial charge in [-0.2, -0.15) is 0 Å². The van der Waals surface area contributed by atoms with Crippen LogP contribution in [0.25, 0.3) is 0 Å². The summed E-state index contributed by atoms with van der Waals surface area (Å²) in [4.78, 5) is 21.4. The van der Waals surface area contributed by atoms with E-state index in [0.29, 0.717) is 12.1 Å². The smallest absolute Gasteiger partial charge is 0.326 e. The number of hydrogen-bond acceptors (Lipinski definition) is 5. The SMILES string of the molecule is C=CC(NCc1cccc([N+](=O)[O-])c1)C(=O)OC. The molecule has 0 aromatic heterocycles. The lowest BCUT2D eigenvalue weighted by atomic mass is 10.2. The molecule has 0 heterocycles. The third-order valence-corrected chi connectivity index (χ3v) is 2.34. The molecular weight excluding hydrogens is 236 g/mol. The molecule has 1 rings (SSSR count). The number of benzene rings is 1. The van der Waals surface area contributed by atoms with E-state index in [1.165, 1.54) is 25.3 Å². The third kappa shape index (κ3) is 3.67. The third-order valence-electron chi connectivity index (χ3n) is 2.34. The van der Waals surface area contributed by atoms with Gasteiger partial charge in [-0.1, -0.05) is 18.2 Å². The molecule has 1 N–H and O–H groups in total. The molecule has 0 bridgehead atoms. The number of nitro benzene ring substituents is 1. The standard InChI is InChI=1S/C12H14N2O4/c1-3-11(12(15)18-2)13-8-9-5-4-6-10(7-9)14(16)17/h3-7,11,13H,1,8H2,2H3. The Morgan fingerprint density at radius 3 is 2.94 bits per heavy atom. The first-order valence-electron chi connectivity index (χ1n) is 5.25. The number of esters is 1. The first-order chi connectivity index (χ1) is 8.58. The summed E-state index contributed by atoms with van der Waals surface area (Å²) in [5.41, 5.74) is 0.725. The minimum absolute atomic E-state index is 0.0162. The second-order valence-electron chi connectivity index (χ2n) is 3.54. The fraction of sp³-hybridized carbons (Fsp3) is 0.250. The number of ether oxygens (including phenoxy) is 1. The van der Waals surface area contributed by atoms with Gasteiger partial charge < -0.3 is 4.74 Å². The van der Waals surface area contributed by atoms with Crippen molar-refractivity contribution in [1.82, 2.24) is 5.32 Å². The molecule has 0 fully saturated rings. The van der Waals surface area contributed by atoms with Crippen LogP contribution in [-0.4, -0.2) is 24.0 Å². The molecule has 1 unspecified atom stereocenters. The first kappa shape index (κ1) is 13.9. The van der Waals surface area contributed by atoms with Crippen LogP contribution in [0.15, 0.2) is 36.9 Å². The lowest BCUT2D eigenvalue weighted by Crippen LogP contribution is -2.35. The molecule has 0 spiro atoms. The summed E-state index contributed by atoms with van der Waals surface area (Å²) in [6.07, 6.45) is 1.42. The maximum absolute atomic E-state index is 11.3. The van der Waals surface area contributed by atoms with Crippen molar-refractivity contribution in [3.8, 4) is 0 Å². The molecule has 0 aliphatic carbocycles. The van der Waals surface area contributed by atoms with Gasteiger partial charge in [0, 0.05) is 18.7 Å². The highest BCUT2D eigenvalue weighted by Gasteiger charge is 2.14. The molecule has 0 amide bonds. The van der Waals surface area contributed by atoms with Gasteiger partial charge in [0.15, 0.2) is 0 Å². The number of non-ortho nitro benzene ring substituents is 1. The molecule has 0 saturated carbocycles. The largest absolute Gasteiger partial charge is 0.468 e. The predicted molar refractivity (Wildman–Crippen MR) is 65.9 cm³/mol. The van der Waals surface area contributed by atoms with E-state index in [2.05, 4.69) is 16.6 Å². The van der Waals surface area contributed by atoms with Gasteiger partial charge in [-0.05, 0) is 5.56 Å². The van der Waals surface area contributed by atoms with Crippen LogP contribution < -0.4 is 5.32 Å². The molecule has 0 aliphatic heterocycles. The molecule has 6 heteroatoms. The number of hydrogen-bond donors (Lipinski definition) is 1. The van der Waals surface area contributed by atoms with Crippen molar-refractivity contribution >= 4 is 11.7 Å². The van der Waals surface area contributed by atoms with Crippen molar-refractivity contribution in [2.45, 2.75) is 12.6 Å². The van der Waals surface area contributed by atoms with Gasteiger partial charge in [-0.3, -0.25) is 20.2 Å². The lowest BCUT2D eigenvalue weighted by Gasteiger charge is -2.12. The zero-order valence-corrected chi connectivity index (χ0v) is 9.96. The van der Waals surface area contributed by atoms with Crippen LogP contribution >= 0.6 is 0 Å². The van der Waals surface area contributed by atoms with Gasteiger partial charge in [0.1, 0.15) is 6.04 Å². The second-order valence-corrected chi connectivity index (χ2v) is 3.54. The summed E-state index contributed by atoms with van der Waals surface area (Å²) in [7, 11) is 1.29. The van der Waals surface area contributed by atoms with Crippen LogP contribution in [0.1, 0.15) is 5.56 Å². The summed E-state index contributed by atoms with van der Waals surface area (Å²) in [5.74, 6) is -0.449. The normalized spacial score (nSPS) is 11.6. The second kappa shape index (κ2) is 6.51. The Kier molecular flexibility index (Phi) is 5.01. The molecule has 0 aliphatic rings. The molecule has 1 aromatic rings. The summed E-state index contributed by atoms with van der Waals surface area (Å²) in [5, 5.41) is 13.5. The van der Waals surface area contributed by atoms with Crippen molar-refractivity contribution < 1.29 is 14.5 Å². The Labute approximate surface area is 104 Å². The number of nitrogens with one attached hydrogen (secondary N) is 1. The van der Waals surface area contributed by atoms with Gasteiger partial charge >= 0.3 is 5.97 Å². The van der Waals surface area contributed by atoms with E-state index >= 15 is 0 Å². The van der Waals surface area contributed by atoms with Crippen molar-refractivity contribution in [2.75, 3.05) is 7.11 Å². The van der Waals surface area contributed by atoms with Crippen LogP contribution in [0.4, 0.5) is 5.69 Å². The van der Waals surface area contributed by atoms with Gasteiger partial charge in [-0.25, -0.2) is 0 Å². The Balaban J connectivity index is 2.67. The molecular formula is C12H14N2O4. The van der Waals surface area contributed by atoms with E-state index in [-0.39, 0.29) is 5.69 Å². The average molecular weight is 250 g/mol. The molecule has 6 nitrogen and oxygen atoms in total. The number of carbonyl (C=O) groups excluding carboxylic acids is 1. The molecule has 0 saturated heterocycles. The van der Waals surface area contributed by atoms with Gasteiger partial charge in [0.25, 0.3) is 5.69 Å². The minimum Gasteiger partial charge on any atom is -0.468 e. The highest BCUT2D eigenvalue weighted by molar-refractivity contribution is 5.77. The van der Waals surface area contributed by atoms with Gasteiger partial charge in [-0.15, -0.1) is 6.58 Å². The van der Waals surface area contributed by atoms with E-state index < -0.39 is 16.9 Å². The maximum Gasteiger partial charge on any atom is 0.326 e. The summed E-state index contributed by atoms with van der Waals surface area (Å²) in [6, 6.07) is 5.56. The van der Waals surface area contributed by atoms with Gasteiger partial charge in [0.2, 0.25) is 0 Å². The van der Waals surface area contributed by atoms with E-state index in [1.54, 1.807) is 12.1 Å². The first-order valence-corrected chi connectivity index (χ1v) is 5.25. The Morgan fingerprint density at radius 2 is 2.39 bits per heavy atom. The van der Waals surface area contributed by atoms with Crippen LogP contribution in [0.3, 0.4) is 0 Å². The minimum atomic E-state index is -0.630. The molecule has 0 radical (unpaired) electrons. The van der Waals surface area contributed by atoms with Crippen LogP contribution in [0.2, 0.25) is 0 Å². The van der Waals surface area contributed by atoms with Crippen molar-refractivity contribution in [3.05, 3.63) is 52.6 Å². The lowest BCUT2D eigenvalue weighted by molar-refractivity contribution is -0.384. The Hall–Kier alpha value is -2.21. The van der Waals surface area contributed by atoms with E-state index in [0.717, 1.165) is 0 Å². The van der Waals surface area contributed by atoms with E-state index in [4.69, 9.17) is 0 Å². The summed E-state index contributed by atoms with van der Waals surface area (Å²) in [6.45, 7) is 3.83. The quantitative estimate of drug-likeness (QED) is 0.357. The zero-order valence-electron chi connectivity index (χ0n) is 9.96. The predicted octanol–water partition coefficient (Wildman–Crippen LogP) is 1.41. The van der Waals surface area contributed by atoms with E-state index in [1.807, 2.05) is 0 Å². The zero-order chi connectivity index (χ0) is 13.5. The Morgan fingerprint density at radius 1 is 1.67 bits per heavy atom. The fourth-order valence-electron chi connectivity index (χ4n) is 1.40. The number of carbonyl (C=O) groups is 1. The highest BCUT2D eigenvalue weighted by Crippen LogP contribution is 2.12. The van der Waals surface area contributed by atoms with Crippen LogP contribution in [-0.2, 0) is 16.1 Å². The fourth-order valence-corrected chi connectivity index (χ4v) is 1.40.